The normalized spacial score (nSPS) is 12.2. The SMILES string of the molecule is Cn1ncc(NS(=O)(=O)c2ccc(C(C)(C)C)cc2)c(Cl)c1=O. The van der Waals surface area contributed by atoms with Gasteiger partial charge < -0.3 is 0 Å². The van der Waals surface area contributed by atoms with E-state index in [-0.39, 0.29) is 21.0 Å². The van der Waals surface area contributed by atoms with Crippen LogP contribution in [0.1, 0.15) is 26.3 Å². The summed E-state index contributed by atoms with van der Waals surface area (Å²) in [6.07, 6.45) is 1.20. The molecule has 6 nitrogen and oxygen atoms in total. The van der Waals surface area contributed by atoms with Crippen LogP contribution in [-0.4, -0.2) is 18.2 Å². The minimum atomic E-state index is -3.85. The number of hydrogen-bond acceptors (Lipinski definition) is 4. The number of sulfonamides is 1. The summed E-state index contributed by atoms with van der Waals surface area (Å²) in [7, 11) is -2.42. The van der Waals surface area contributed by atoms with Crippen molar-refractivity contribution in [1.29, 1.82) is 0 Å². The lowest BCUT2D eigenvalue weighted by molar-refractivity contribution is 0.587. The summed E-state index contributed by atoms with van der Waals surface area (Å²) < 4.78 is 28.1. The monoisotopic (exact) mass is 355 g/mol. The highest BCUT2D eigenvalue weighted by Gasteiger charge is 2.19. The van der Waals surface area contributed by atoms with Gasteiger partial charge in [-0.3, -0.25) is 9.52 Å². The molecule has 0 radical (unpaired) electrons. The highest BCUT2D eigenvalue weighted by atomic mass is 35.5. The van der Waals surface area contributed by atoms with Gasteiger partial charge in [0.2, 0.25) is 0 Å². The largest absolute Gasteiger partial charge is 0.287 e. The van der Waals surface area contributed by atoms with Crippen LogP contribution >= 0.6 is 11.6 Å². The van der Waals surface area contributed by atoms with E-state index in [1.165, 1.54) is 25.4 Å². The zero-order valence-corrected chi connectivity index (χ0v) is 14.9. The first-order valence-corrected chi connectivity index (χ1v) is 8.73. The third-order valence-corrected chi connectivity index (χ3v) is 5.10. The van der Waals surface area contributed by atoms with Gasteiger partial charge >= 0.3 is 0 Å². The van der Waals surface area contributed by atoms with Crippen molar-refractivity contribution in [3.05, 3.63) is 51.4 Å². The molecule has 2 aromatic rings. The average Bonchev–Trinajstić information content (AvgIpc) is 2.47. The van der Waals surface area contributed by atoms with E-state index in [4.69, 9.17) is 11.6 Å². The van der Waals surface area contributed by atoms with Crippen molar-refractivity contribution in [3.8, 4) is 0 Å². The molecule has 0 bridgehead atoms. The Labute approximate surface area is 140 Å². The predicted molar refractivity (Wildman–Crippen MR) is 90.4 cm³/mol. The molecular formula is C15H18ClN3O3S. The molecule has 0 aliphatic carbocycles. The van der Waals surface area contributed by atoms with Crippen LogP contribution in [0.5, 0.6) is 0 Å². The zero-order chi connectivity index (χ0) is 17.4. The number of aryl methyl sites for hydroxylation is 1. The molecule has 1 N–H and O–H groups in total. The summed E-state index contributed by atoms with van der Waals surface area (Å²) >= 11 is 5.88. The molecule has 124 valence electrons. The van der Waals surface area contributed by atoms with Gasteiger partial charge in [0.1, 0.15) is 5.02 Å². The van der Waals surface area contributed by atoms with Gasteiger partial charge in [-0.05, 0) is 23.1 Å². The minimum absolute atomic E-state index is 0.0466. The van der Waals surface area contributed by atoms with Crippen molar-refractivity contribution >= 4 is 27.3 Å². The molecule has 0 aliphatic rings. The van der Waals surface area contributed by atoms with Crippen LogP contribution in [0.15, 0.2) is 40.2 Å². The number of benzene rings is 1. The Balaban J connectivity index is 2.36. The number of halogens is 1. The van der Waals surface area contributed by atoms with Crippen LogP contribution in [0, 0.1) is 0 Å². The van der Waals surface area contributed by atoms with Crippen LogP contribution in [0.4, 0.5) is 5.69 Å². The fourth-order valence-corrected chi connectivity index (χ4v) is 3.25. The Kier molecular flexibility index (Phi) is 4.54. The van der Waals surface area contributed by atoms with Gasteiger partial charge in [0, 0.05) is 7.05 Å². The average molecular weight is 356 g/mol. The van der Waals surface area contributed by atoms with Crippen LogP contribution in [0.2, 0.25) is 5.02 Å². The molecule has 0 fully saturated rings. The van der Waals surface area contributed by atoms with Crippen molar-refractivity contribution in [3.63, 3.8) is 0 Å². The molecule has 23 heavy (non-hydrogen) atoms. The van der Waals surface area contributed by atoms with Crippen molar-refractivity contribution in [2.45, 2.75) is 31.1 Å². The smallest absolute Gasteiger partial charge is 0.276 e. The molecular weight excluding hydrogens is 338 g/mol. The number of nitrogens with zero attached hydrogens (tertiary/aromatic N) is 2. The van der Waals surface area contributed by atoms with E-state index < -0.39 is 15.6 Å². The minimum Gasteiger partial charge on any atom is -0.276 e. The topological polar surface area (TPSA) is 81.1 Å². The molecule has 1 heterocycles. The Morgan fingerprint density at radius 2 is 1.74 bits per heavy atom. The van der Waals surface area contributed by atoms with Gasteiger partial charge in [0.05, 0.1) is 16.8 Å². The van der Waals surface area contributed by atoms with Gasteiger partial charge in [-0.15, -0.1) is 0 Å². The summed E-state index contributed by atoms with van der Waals surface area (Å²) in [5, 5.41) is 3.53. The summed E-state index contributed by atoms with van der Waals surface area (Å²) in [5.41, 5.74) is 0.323. The van der Waals surface area contributed by atoms with Crippen molar-refractivity contribution in [1.82, 2.24) is 9.78 Å². The maximum absolute atomic E-state index is 12.4. The lowest BCUT2D eigenvalue weighted by Gasteiger charge is -2.19. The quantitative estimate of drug-likeness (QED) is 0.917. The highest BCUT2D eigenvalue weighted by molar-refractivity contribution is 7.92. The van der Waals surface area contributed by atoms with Gasteiger partial charge in [-0.2, -0.15) is 5.10 Å². The van der Waals surface area contributed by atoms with Crippen molar-refractivity contribution < 1.29 is 8.42 Å². The van der Waals surface area contributed by atoms with Crippen molar-refractivity contribution in [2.24, 2.45) is 7.05 Å². The van der Waals surface area contributed by atoms with Crippen LogP contribution in [0.25, 0.3) is 0 Å². The fraction of sp³-hybridized carbons (Fsp3) is 0.333. The van der Waals surface area contributed by atoms with E-state index in [0.717, 1.165) is 10.2 Å². The number of aromatic nitrogens is 2. The van der Waals surface area contributed by atoms with Gasteiger partial charge in [0.15, 0.2) is 0 Å². The van der Waals surface area contributed by atoms with E-state index in [9.17, 15) is 13.2 Å². The summed E-state index contributed by atoms with van der Waals surface area (Å²) in [6.45, 7) is 6.12. The summed E-state index contributed by atoms with van der Waals surface area (Å²) in [4.78, 5) is 11.8. The first-order chi connectivity index (χ1) is 10.5. The zero-order valence-electron chi connectivity index (χ0n) is 13.3. The Hall–Kier alpha value is -1.86. The Morgan fingerprint density at radius 3 is 2.26 bits per heavy atom. The third-order valence-electron chi connectivity index (χ3n) is 3.35. The first kappa shape index (κ1) is 17.5. The van der Waals surface area contributed by atoms with Gasteiger partial charge in [-0.25, -0.2) is 13.1 Å². The predicted octanol–water partition coefficient (Wildman–Crippen LogP) is 2.53. The lowest BCUT2D eigenvalue weighted by atomic mass is 9.87. The Morgan fingerprint density at radius 1 is 1.17 bits per heavy atom. The van der Waals surface area contributed by atoms with Gasteiger partial charge in [-0.1, -0.05) is 44.5 Å². The lowest BCUT2D eigenvalue weighted by Crippen LogP contribution is -2.23. The first-order valence-electron chi connectivity index (χ1n) is 6.87. The number of anilines is 1. The molecule has 8 heteroatoms. The van der Waals surface area contributed by atoms with E-state index in [1.54, 1.807) is 12.1 Å². The number of nitrogens with one attached hydrogen (secondary N) is 1. The molecule has 0 saturated carbocycles. The third kappa shape index (κ3) is 3.73. The molecule has 0 spiro atoms. The van der Waals surface area contributed by atoms with Crippen LogP contribution in [-0.2, 0) is 22.5 Å². The highest BCUT2D eigenvalue weighted by Crippen LogP contribution is 2.25. The second kappa shape index (κ2) is 5.98. The molecule has 2 rings (SSSR count). The Bertz CT molecular complexity index is 882. The number of hydrogen-bond donors (Lipinski definition) is 1. The van der Waals surface area contributed by atoms with Crippen LogP contribution in [0.3, 0.4) is 0 Å². The molecule has 0 aliphatic heterocycles. The van der Waals surface area contributed by atoms with E-state index in [0.29, 0.717) is 0 Å². The van der Waals surface area contributed by atoms with Crippen LogP contribution < -0.4 is 10.3 Å². The van der Waals surface area contributed by atoms with E-state index in [2.05, 4.69) is 9.82 Å². The molecule has 0 atom stereocenters. The molecule has 0 unspecified atom stereocenters. The molecule has 1 aromatic carbocycles. The summed E-state index contributed by atoms with van der Waals surface area (Å²) in [6, 6.07) is 6.56. The van der Waals surface area contributed by atoms with E-state index >= 15 is 0 Å². The maximum atomic E-state index is 12.4. The molecule has 1 aromatic heterocycles. The second-order valence-electron chi connectivity index (χ2n) is 6.18. The number of rotatable bonds is 3. The fourth-order valence-electron chi connectivity index (χ4n) is 1.92. The molecule has 0 saturated heterocycles. The maximum Gasteiger partial charge on any atom is 0.287 e. The second-order valence-corrected chi connectivity index (χ2v) is 8.24. The van der Waals surface area contributed by atoms with Crippen molar-refractivity contribution in [2.75, 3.05) is 4.72 Å². The van der Waals surface area contributed by atoms with E-state index in [1.807, 2.05) is 20.8 Å². The standard InChI is InChI=1S/C15H18ClN3O3S/c1-15(2,3)10-5-7-11(8-6-10)23(21,22)18-12-9-17-19(4)14(20)13(12)16/h5-9,18H,1-4H3. The van der Waals surface area contributed by atoms with Gasteiger partial charge in [0.25, 0.3) is 15.6 Å². The molecule has 0 amide bonds. The summed E-state index contributed by atoms with van der Waals surface area (Å²) in [5.74, 6) is 0.